The van der Waals surface area contributed by atoms with Crippen molar-refractivity contribution in [3.63, 3.8) is 0 Å². The molecular formula is C100H96N8O38S2. The van der Waals surface area contributed by atoms with E-state index < -0.39 is 141 Å². The Kier molecular flexibility index (Phi) is 38.2. The number of imide groups is 4. The molecule has 8 unspecified atom stereocenters. The van der Waals surface area contributed by atoms with Crippen LogP contribution in [0.1, 0.15) is 173 Å². The van der Waals surface area contributed by atoms with Crippen LogP contribution < -0.4 is 21.3 Å². The van der Waals surface area contributed by atoms with Crippen LogP contribution in [0.4, 0.5) is 41.9 Å². The molecule has 0 radical (unpaired) electrons. The summed E-state index contributed by atoms with van der Waals surface area (Å²) in [6.45, 7) is 6.12. The summed E-state index contributed by atoms with van der Waals surface area (Å²) in [4.78, 5) is 257. The van der Waals surface area contributed by atoms with Crippen LogP contribution in [0.3, 0.4) is 0 Å². The lowest BCUT2D eigenvalue weighted by Crippen LogP contribution is -2.32. The van der Waals surface area contributed by atoms with Crippen molar-refractivity contribution in [1.82, 2.24) is 20.3 Å². The van der Waals surface area contributed by atoms with Crippen LogP contribution in [-0.4, -0.2) is 220 Å². The number of ether oxygens (including phenoxy) is 8. The predicted octanol–water partition coefficient (Wildman–Crippen LogP) is 10.6. The van der Waals surface area contributed by atoms with Gasteiger partial charge in [0.2, 0.25) is 23.6 Å². The lowest BCUT2D eigenvalue weighted by atomic mass is 9.97. The number of carbonyl (C=O) groups excluding carboxylic acids is 20. The smallest absolute Gasteiger partial charge is 0.469 e. The zero-order valence-electron chi connectivity index (χ0n) is 80.2. The molecule has 0 aromatic heterocycles. The van der Waals surface area contributed by atoms with Crippen molar-refractivity contribution in [3.05, 3.63) is 214 Å². The van der Waals surface area contributed by atoms with Crippen LogP contribution in [0.5, 0.6) is 0 Å². The number of anilines is 4. The molecule has 4 N–H and O–H groups in total. The van der Waals surface area contributed by atoms with Gasteiger partial charge in [-0.05, 0) is 138 Å². The largest absolute Gasteiger partial charge is 0.533 e. The summed E-state index contributed by atoms with van der Waals surface area (Å²) in [6, 6.07) is 52.3. The molecule has 4 fully saturated rings. The first-order valence-electron chi connectivity index (χ1n) is 45.4. The first kappa shape index (κ1) is 111. The lowest BCUT2D eigenvalue weighted by molar-refractivity contribution is -0.177. The zero-order chi connectivity index (χ0) is 108. The quantitative estimate of drug-likeness (QED) is 0.0201. The van der Waals surface area contributed by atoms with Gasteiger partial charge in [-0.2, -0.15) is 0 Å². The molecule has 0 saturated carbocycles. The number of rotatable bonds is 28. The molecule has 8 aromatic carbocycles. The fraction of sp³-hybridized carbons (Fsp3) is 0.320. The van der Waals surface area contributed by atoms with Gasteiger partial charge in [-0.3, -0.25) is 96.1 Å². The molecule has 4 aliphatic heterocycles. The maximum absolute atomic E-state index is 12.5. The third-order valence-corrected chi connectivity index (χ3v) is 24.0. The molecule has 148 heavy (non-hydrogen) atoms. The van der Waals surface area contributed by atoms with E-state index in [1.54, 1.807) is 76.2 Å². The van der Waals surface area contributed by atoms with Gasteiger partial charge < -0.3 is 59.2 Å². The third kappa shape index (κ3) is 28.5. The van der Waals surface area contributed by atoms with Crippen LogP contribution in [0, 0.1) is 23.7 Å². The lowest BCUT2D eigenvalue weighted by Gasteiger charge is -2.17. The number of nitrogens with one attached hydrogen (secondary N) is 4. The number of nitrogens with zero attached hydrogens (tertiary/aromatic N) is 4. The van der Waals surface area contributed by atoms with Crippen molar-refractivity contribution in [2.45, 2.75) is 128 Å². The molecule has 8 atom stereocenters. The molecule has 46 nitrogen and oxygen atoms in total. The standard InChI is InChI=1S/4C25H24N2O8.2O3S/c4*1-14(11-23(30)33-2)24(31)26-15-7-8-18-16-5-3-4-6-17(16)20(19(18)12-15)13-34-25(32)35-27-21(28)9-10-22(27)29;2*1-4(2)3/h4*3-8,12,14,20H,9-11,13H2,1-2H3,(H,26,31);;. The summed E-state index contributed by atoms with van der Waals surface area (Å²) < 4.78 is 90.2. The van der Waals surface area contributed by atoms with Gasteiger partial charge in [0.15, 0.2) is 0 Å². The molecule has 8 aromatic rings. The summed E-state index contributed by atoms with van der Waals surface area (Å²) in [6.07, 6.45) is -4.87. The summed E-state index contributed by atoms with van der Waals surface area (Å²) in [5.74, 6) is -11.7. The first-order chi connectivity index (χ1) is 70.6. The molecule has 4 heterocycles. The SMILES string of the molecule is COC(=O)CC(C)C(=O)Nc1ccc2c(c1)C(COC(=O)ON1C(=O)CCC1=O)c1ccccc1-2.COC(=O)CC(C)C(=O)Nc1ccc2c(c1)C(COC(=O)ON1C(=O)CCC1=O)c1ccccc1-2.COC(=O)CC(C)C(=O)Nc1ccc2c(c1)C(COC(=O)ON1C(=O)CCC1=O)c1ccccc1-2.COC(=O)CC(C)C(=O)Nc1ccc2c(c1)C(COC(=O)ON1C(=O)CCC1=O)c1ccccc1-2.O=S(=O)=O.O=S(=O)=O. The Labute approximate surface area is 844 Å². The van der Waals surface area contributed by atoms with Crippen LogP contribution in [0.2, 0.25) is 0 Å². The van der Waals surface area contributed by atoms with Crippen molar-refractivity contribution in [1.29, 1.82) is 0 Å². The van der Waals surface area contributed by atoms with Crippen molar-refractivity contribution in [2.24, 2.45) is 23.7 Å². The highest BCUT2D eigenvalue weighted by Crippen LogP contribution is 2.51. The van der Waals surface area contributed by atoms with Crippen molar-refractivity contribution < 1.29 is 178 Å². The minimum Gasteiger partial charge on any atom is -0.469 e. The van der Waals surface area contributed by atoms with E-state index in [4.69, 9.17) is 63.6 Å². The highest BCUT2D eigenvalue weighted by molar-refractivity contribution is 7.59. The van der Waals surface area contributed by atoms with Crippen LogP contribution in [-0.2, 0) is 155 Å². The van der Waals surface area contributed by atoms with Gasteiger partial charge in [0.25, 0.3) is 47.3 Å². The average Bonchev–Trinajstić information content (AvgIpc) is 1.62. The monoisotopic (exact) mass is 2080 g/mol. The summed E-state index contributed by atoms with van der Waals surface area (Å²) in [5, 5.41) is 13.0. The normalized spacial score (nSPS) is 16.3. The van der Waals surface area contributed by atoms with E-state index in [9.17, 15) is 95.9 Å². The van der Waals surface area contributed by atoms with E-state index in [1.165, 1.54) is 28.4 Å². The third-order valence-electron chi connectivity index (χ3n) is 24.0. The number of amides is 12. The Hall–Kier alpha value is -17.6. The molecule has 16 rings (SSSR count). The van der Waals surface area contributed by atoms with Gasteiger partial charge in [-0.1, -0.05) is 169 Å². The van der Waals surface area contributed by atoms with Gasteiger partial charge in [0, 0.05) is 121 Å². The number of hydroxylamine groups is 8. The van der Waals surface area contributed by atoms with Crippen molar-refractivity contribution in [3.8, 4) is 44.5 Å². The number of esters is 4. The van der Waals surface area contributed by atoms with E-state index in [0.29, 0.717) is 43.0 Å². The van der Waals surface area contributed by atoms with E-state index in [0.717, 1.165) is 89.0 Å². The van der Waals surface area contributed by atoms with Crippen LogP contribution in [0.25, 0.3) is 44.5 Å². The fourth-order valence-electron chi connectivity index (χ4n) is 16.7. The molecule has 0 bridgehead atoms. The van der Waals surface area contributed by atoms with Gasteiger partial charge >= 0.3 is 69.7 Å². The summed E-state index contributed by atoms with van der Waals surface area (Å²) in [7, 11) is -1.15. The Morgan fingerprint density at radius 1 is 0.264 bits per heavy atom. The number of hydrogen-bond acceptors (Lipinski definition) is 38. The van der Waals surface area contributed by atoms with Gasteiger partial charge in [-0.25, -0.2) is 19.2 Å². The Balaban J connectivity index is 0.000000183. The first-order valence-corrected chi connectivity index (χ1v) is 47.4. The Morgan fingerprint density at radius 2 is 0.426 bits per heavy atom. The molecule has 4 saturated heterocycles. The maximum Gasteiger partial charge on any atom is 0.533 e. The van der Waals surface area contributed by atoms with Crippen LogP contribution in [0.15, 0.2) is 170 Å². The summed E-state index contributed by atoms with van der Waals surface area (Å²) >= 11 is 0. The van der Waals surface area contributed by atoms with Crippen molar-refractivity contribution in [2.75, 3.05) is 76.1 Å². The maximum atomic E-state index is 12.5. The number of fused-ring (bicyclic) bond motifs is 12. The van der Waals surface area contributed by atoms with Gasteiger partial charge in [0.1, 0.15) is 26.4 Å². The molecule has 48 heteroatoms. The Morgan fingerprint density at radius 3 is 0.595 bits per heavy atom. The molecule has 8 aliphatic rings. The minimum absolute atomic E-state index is 0.0117. The van der Waals surface area contributed by atoms with E-state index in [1.807, 2.05) is 121 Å². The fourth-order valence-corrected chi connectivity index (χ4v) is 16.7. The number of benzene rings is 8. The van der Waals surface area contributed by atoms with E-state index in [2.05, 4.69) is 40.2 Å². The average molecular weight is 2080 g/mol. The molecule has 0 spiro atoms. The van der Waals surface area contributed by atoms with Crippen LogP contribution >= 0.6 is 0 Å². The highest BCUT2D eigenvalue weighted by Gasteiger charge is 2.42. The highest BCUT2D eigenvalue weighted by atomic mass is 32.2. The van der Waals surface area contributed by atoms with E-state index >= 15 is 0 Å². The minimum atomic E-state index is -3.11. The number of hydrogen-bond donors (Lipinski definition) is 4. The van der Waals surface area contributed by atoms with Crippen molar-refractivity contribution >= 4 is 163 Å². The second-order valence-electron chi connectivity index (χ2n) is 33.8. The topological polar surface area (TPSA) is 616 Å². The molecule has 776 valence electrons. The second kappa shape index (κ2) is 51.1. The predicted molar refractivity (Wildman–Crippen MR) is 506 cm³/mol. The second-order valence-corrected chi connectivity index (χ2v) is 34.6. The zero-order valence-corrected chi connectivity index (χ0v) is 81.9. The molecular weight excluding hydrogens is 1990 g/mol. The number of carbonyl (C=O) groups is 20. The molecule has 12 amide bonds. The Bertz CT molecular complexity index is 6020. The van der Waals surface area contributed by atoms with Gasteiger partial charge in [-0.15, -0.1) is 25.3 Å². The summed E-state index contributed by atoms with van der Waals surface area (Å²) in [5.41, 5.74) is 16.6. The number of methoxy groups -OCH3 is 4. The van der Waals surface area contributed by atoms with E-state index in [-0.39, 0.29) is 151 Å². The van der Waals surface area contributed by atoms with Gasteiger partial charge in [0.05, 0.1) is 54.1 Å². The molecule has 4 aliphatic carbocycles.